The number of aryl methyl sites for hydroxylation is 1. The van der Waals surface area contributed by atoms with E-state index in [0.29, 0.717) is 10.0 Å². The summed E-state index contributed by atoms with van der Waals surface area (Å²) in [4.78, 5) is 10.8. The lowest BCUT2D eigenvalue weighted by Crippen LogP contribution is -2.34. The van der Waals surface area contributed by atoms with E-state index in [4.69, 9.17) is 33.8 Å². The van der Waals surface area contributed by atoms with Gasteiger partial charge in [0.2, 0.25) is 0 Å². The van der Waals surface area contributed by atoms with Gasteiger partial charge in [-0.1, -0.05) is 23.2 Å². The van der Waals surface area contributed by atoms with Crippen LogP contribution in [0.2, 0.25) is 10.0 Å². The molecule has 6 heteroatoms. The van der Waals surface area contributed by atoms with Gasteiger partial charge in [0.05, 0.1) is 10.0 Å². The Morgan fingerprint density at radius 2 is 2.00 bits per heavy atom. The average Bonchev–Trinajstić information content (AvgIpc) is 2.15. The number of ether oxygens (including phenoxy) is 1. The van der Waals surface area contributed by atoms with Crippen molar-refractivity contribution in [1.29, 1.82) is 0 Å². The molecule has 0 aliphatic rings. The summed E-state index contributed by atoms with van der Waals surface area (Å²) in [7, 11) is 0. The second-order valence-electron chi connectivity index (χ2n) is 2.91. The highest BCUT2D eigenvalue weighted by molar-refractivity contribution is 6.37. The van der Waals surface area contributed by atoms with Crippen molar-refractivity contribution < 1.29 is 9.53 Å². The predicted octanol–water partition coefficient (Wildman–Crippen LogP) is 1.67. The topological polar surface area (TPSA) is 64.3 Å². The van der Waals surface area contributed by atoms with Gasteiger partial charge < -0.3 is 4.74 Å². The maximum atomic E-state index is 10.8. The number of halogens is 2. The number of hydrogen-bond donors (Lipinski definition) is 2. The second-order valence-corrected chi connectivity index (χ2v) is 3.73. The summed E-state index contributed by atoms with van der Waals surface area (Å²) in [6, 6.07) is 3.40. The van der Waals surface area contributed by atoms with Crippen LogP contribution in [0.4, 0.5) is 0 Å². The van der Waals surface area contributed by atoms with Crippen LogP contribution in [-0.4, -0.2) is 12.5 Å². The van der Waals surface area contributed by atoms with E-state index in [-0.39, 0.29) is 12.4 Å². The van der Waals surface area contributed by atoms with Crippen LogP contribution >= 0.6 is 23.2 Å². The van der Waals surface area contributed by atoms with Gasteiger partial charge in [0, 0.05) is 0 Å². The predicted molar refractivity (Wildman–Crippen MR) is 59.0 cm³/mol. The van der Waals surface area contributed by atoms with Gasteiger partial charge in [0.15, 0.2) is 12.4 Å². The number of rotatable bonds is 3. The smallest absolute Gasteiger partial charge is 0.271 e. The molecule has 1 aromatic carbocycles. The van der Waals surface area contributed by atoms with Gasteiger partial charge in [-0.2, -0.15) is 0 Å². The van der Waals surface area contributed by atoms with Crippen LogP contribution in [0.25, 0.3) is 0 Å². The van der Waals surface area contributed by atoms with E-state index in [9.17, 15) is 4.79 Å². The fraction of sp³-hybridized carbons (Fsp3) is 0.222. The molecular weight excluding hydrogens is 239 g/mol. The van der Waals surface area contributed by atoms with Crippen molar-refractivity contribution >= 4 is 29.1 Å². The van der Waals surface area contributed by atoms with E-state index in [0.717, 1.165) is 5.56 Å². The summed E-state index contributed by atoms with van der Waals surface area (Å²) in [6.07, 6.45) is 0. The van der Waals surface area contributed by atoms with Gasteiger partial charge in [-0.15, -0.1) is 0 Å². The van der Waals surface area contributed by atoms with E-state index in [1.165, 1.54) is 0 Å². The number of carbonyl (C=O) groups is 1. The molecule has 0 heterocycles. The molecule has 0 saturated carbocycles. The third kappa shape index (κ3) is 3.27. The largest absolute Gasteiger partial charge is 0.481 e. The zero-order valence-electron chi connectivity index (χ0n) is 8.01. The number of nitrogens with two attached hydrogens (primary N) is 1. The van der Waals surface area contributed by atoms with E-state index >= 15 is 0 Å². The van der Waals surface area contributed by atoms with Crippen molar-refractivity contribution in [2.45, 2.75) is 6.92 Å². The van der Waals surface area contributed by atoms with Gasteiger partial charge in [-0.25, -0.2) is 5.84 Å². The first-order valence-corrected chi connectivity index (χ1v) is 4.88. The average molecular weight is 249 g/mol. The van der Waals surface area contributed by atoms with Crippen LogP contribution < -0.4 is 16.0 Å². The monoisotopic (exact) mass is 248 g/mol. The molecule has 1 amide bonds. The summed E-state index contributed by atoms with van der Waals surface area (Å²) in [5.74, 6) is 4.72. The van der Waals surface area contributed by atoms with Crippen LogP contribution in [-0.2, 0) is 4.79 Å². The summed E-state index contributed by atoms with van der Waals surface area (Å²) < 4.78 is 5.12. The molecule has 1 rings (SSSR count). The Labute approximate surface area is 97.3 Å². The van der Waals surface area contributed by atoms with Gasteiger partial charge in [-0.05, 0) is 24.6 Å². The van der Waals surface area contributed by atoms with Crippen molar-refractivity contribution in [3.63, 3.8) is 0 Å². The molecule has 0 aliphatic carbocycles. The Bertz CT molecular complexity index is 359. The van der Waals surface area contributed by atoms with Gasteiger partial charge >= 0.3 is 0 Å². The summed E-state index contributed by atoms with van der Waals surface area (Å²) in [5.41, 5.74) is 2.85. The molecule has 0 unspecified atom stereocenters. The molecule has 0 spiro atoms. The molecule has 1 aromatic rings. The molecule has 0 saturated heterocycles. The summed E-state index contributed by atoms with van der Waals surface area (Å²) in [5, 5.41) is 0.731. The third-order valence-electron chi connectivity index (χ3n) is 1.65. The Balaban J connectivity index is 2.81. The highest BCUT2D eigenvalue weighted by atomic mass is 35.5. The molecule has 82 valence electrons. The van der Waals surface area contributed by atoms with E-state index < -0.39 is 5.91 Å². The van der Waals surface area contributed by atoms with Gasteiger partial charge in [0.1, 0.15) is 0 Å². The van der Waals surface area contributed by atoms with Crippen molar-refractivity contribution in [2.75, 3.05) is 6.61 Å². The minimum atomic E-state index is -0.456. The van der Waals surface area contributed by atoms with E-state index in [1.54, 1.807) is 12.1 Å². The fourth-order valence-electron chi connectivity index (χ4n) is 1.00. The zero-order chi connectivity index (χ0) is 11.4. The van der Waals surface area contributed by atoms with Crippen LogP contribution in [0.3, 0.4) is 0 Å². The molecule has 0 aromatic heterocycles. The molecule has 0 fully saturated rings. The molecule has 0 atom stereocenters. The number of hydrogen-bond acceptors (Lipinski definition) is 3. The maximum Gasteiger partial charge on any atom is 0.271 e. The van der Waals surface area contributed by atoms with Crippen molar-refractivity contribution in [1.82, 2.24) is 5.43 Å². The van der Waals surface area contributed by atoms with E-state index in [2.05, 4.69) is 0 Å². The number of hydrazine groups is 1. The highest BCUT2D eigenvalue weighted by Crippen LogP contribution is 2.33. The normalized spacial score (nSPS) is 9.87. The lowest BCUT2D eigenvalue weighted by Gasteiger charge is -2.09. The van der Waals surface area contributed by atoms with Crippen LogP contribution in [0, 0.1) is 6.92 Å². The quantitative estimate of drug-likeness (QED) is 0.486. The first-order valence-electron chi connectivity index (χ1n) is 4.12. The lowest BCUT2D eigenvalue weighted by molar-refractivity contribution is -0.123. The van der Waals surface area contributed by atoms with Crippen LogP contribution in [0.15, 0.2) is 12.1 Å². The Hall–Kier alpha value is -0.970. The summed E-state index contributed by atoms with van der Waals surface area (Å²) in [6.45, 7) is 1.63. The van der Waals surface area contributed by atoms with Crippen LogP contribution in [0.5, 0.6) is 5.75 Å². The molecule has 3 N–H and O–H groups in total. The molecule has 0 bridgehead atoms. The first kappa shape index (κ1) is 12.1. The Morgan fingerprint density at radius 3 is 2.47 bits per heavy atom. The Kier molecular flexibility index (Phi) is 4.20. The van der Waals surface area contributed by atoms with Crippen molar-refractivity contribution in [3.05, 3.63) is 27.7 Å². The SMILES string of the molecule is Cc1cc(Cl)c(OCC(=O)NN)c(Cl)c1. The van der Waals surface area contributed by atoms with Gasteiger partial charge in [-0.3, -0.25) is 10.2 Å². The standard InChI is InChI=1S/C9H10Cl2N2O2/c1-5-2-6(10)9(7(11)3-5)15-4-8(14)13-12/h2-3H,4,12H2,1H3,(H,13,14). The van der Waals surface area contributed by atoms with E-state index in [1.807, 2.05) is 12.3 Å². The molecule has 0 aliphatic heterocycles. The lowest BCUT2D eigenvalue weighted by atomic mass is 10.2. The Morgan fingerprint density at radius 1 is 1.47 bits per heavy atom. The number of amides is 1. The molecular formula is C9H10Cl2N2O2. The number of carbonyl (C=O) groups excluding carboxylic acids is 1. The fourth-order valence-corrected chi connectivity index (χ4v) is 1.71. The first-order chi connectivity index (χ1) is 7.04. The molecule has 4 nitrogen and oxygen atoms in total. The van der Waals surface area contributed by atoms with Gasteiger partial charge in [0.25, 0.3) is 5.91 Å². The van der Waals surface area contributed by atoms with Crippen molar-refractivity contribution in [2.24, 2.45) is 5.84 Å². The van der Waals surface area contributed by atoms with Crippen LogP contribution in [0.1, 0.15) is 5.56 Å². The van der Waals surface area contributed by atoms with Crippen molar-refractivity contribution in [3.8, 4) is 5.75 Å². The minimum absolute atomic E-state index is 0.223. The number of nitrogens with one attached hydrogen (secondary N) is 1. The molecule has 0 radical (unpaired) electrons. The summed E-state index contributed by atoms with van der Waals surface area (Å²) >= 11 is 11.8. The maximum absolute atomic E-state index is 10.8. The minimum Gasteiger partial charge on any atom is -0.481 e. The highest BCUT2D eigenvalue weighted by Gasteiger charge is 2.09. The molecule has 15 heavy (non-hydrogen) atoms. The number of benzene rings is 1. The zero-order valence-corrected chi connectivity index (χ0v) is 9.52. The second kappa shape index (κ2) is 5.21. The third-order valence-corrected chi connectivity index (χ3v) is 2.21.